The predicted molar refractivity (Wildman–Crippen MR) is 38.0 cm³/mol. The van der Waals surface area contributed by atoms with Crippen LogP contribution in [0.25, 0.3) is 0 Å². The number of nitrogens with one attached hydrogen (secondary N) is 2. The van der Waals surface area contributed by atoms with Crippen molar-refractivity contribution in [3.05, 3.63) is 0 Å². The summed E-state index contributed by atoms with van der Waals surface area (Å²) in [7, 11) is 1.85. The molecule has 2 atom stereocenters. The van der Waals surface area contributed by atoms with E-state index in [4.69, 9.17) is 5.11 Å². The maximum absolute atomic E-state index is 9.01. The van der Waals surface area contributed by atoms with Gasteiger partial charge in [-0.15, -0.1) is 0 Å². The second-order valence-electron chi connectivity index (χ2n) is 2.10. The Morgan fingerprint density at radius 2 is 2.11 bits per heavy atom. The summed E-state index contributed by atoms with van der Waals surface area (Å²) in [6.45, 7) is 3.89. The quantitative estimate of drug-likeness (QED) is 0.467. The molecule has 56 valence electrons. The van der Waals surface area contributed by atoms with Crippen LogP contribution in [0.1, 0.15) is 20.3 Å². The van der Waals surface area contributed by atoms with E-state index in [0.717, 1.165) is 6.42 Å². The van der Waals surface area contributed by atoms with Gasteiger partial charge in [0.1, 0.15) is 6.23 Å². The van der Waals surface area contributed by atoms with Gasteiger partial charge in [0.25, 0.3) is 0 Å². The maximum Gasteiger partial charge on any atom is 0.105 e. The molecule has 0 aromatic carbocycles. The Morgan fingerprint density at radius 3 is 2.44 bits per heavy atom. The van der Waals surface area contributed by atoms with Crippen LogP contribution in [0.2, 0.25) is 0 Å². The summed E-state index contributed by atoms with van der Waals surface area (Å²) in [4.78, 5) is 0. The fourth-order valence-electron chi connectivity index (χ4n) is 0.490. The molecule has 0 aromatic rings. The van der Waals surface area contributed by atoms with Gasteiger partial charge in [-0.05, 0) is 20.4 Å². The summed E-state index contributed by atoms with van der Waals surface area (Å²) < 4.78 is 0. The zero-order valence-corrected chi connectivity index (χ0v) is 6.31. The lowest BCUT2D eigenvalue weighted by atomic mass is 10.4. The average Bonchev–Trinajstić information content (AvgIpc) is 1.87. The van der Waals surface area contributed by atoms with E-state index in [9.17, 15) is 0 Å². The van der Waals surface area contributed by atoms with Gasteiger partial charge in [-0.2, -0.15) is 0 Å². The van der Waals surface area contributed by atoms with Crippen molar-refractivity contribution in [1.29, 1.82) is 0 Å². The van der Waals surface area contributed by atoms with E-state index in [1.165, 1.54) is 0 Å². The molecular formula is C6H16N2O. The molecule has 2 unspecified atom stereocenters. The lowest BCUT2D eigenvalue weighted by Gasteiger charge is -2.16. The molecule has 0 rings (SSSR count). The van der Waals surface area contributed by atoms with Crippen molar-refractivity contribution in [2.45, 2.75) is 32.7 Å². The number of rotatable bonds is 4. The molecule has 0 amide bonds. The van der Waals surface area contributed by atoms with Crippen molar-refractivity contribution in [3.63, 3.8) is 0 Å². The highest BCUT2D eigenvalue weighted by atomic mass is 16.3. The highest BCUT2D eigenvalue weighted by Crippen LogP contribution is 1.84. The summed E-state index contributed by atoms with van der Waals surface area (Å²) in [5.41, 5.74) is 0. The van der Waals surface area contributed by atoms with Gasteiger partial charge in [0, 0.05) is 0 Å². The van der Waals surface area contributed by atoms with Crippen LogP contribution >= 0.6 is 0 Å². The van der Waals surface area contributed by atoms with E-state index >= 15 is 0 Å². The third-order valence-corrected chi connectivity index (χ3v) is 1.26. The molecule has 0 fully saturated rings. The number of hydrogen-bond acceptors (Lipinski definition) is 3. The maximum atomic E-state index is 9.01. The van der Waals surface area contributed by atoms with Crippen molar-refractivity contribution < 1.29 is 5.11 Å². The Balaban J connectivity index is 3.22. The van der Waals surface area contributed by atoms with E-state index in [2.05, 4.69) is 10.6 Å². The normalized spacial score (nSPS) is 17.3. The zero-order chi connectivity index (χ0) is 7.28. The number of hydrogen-bond donors (Lipinski definition) is 3. The van der Waals surface area contributed by atoms with Crippen molar-refractivity contribution >= 4 is 0 Å². The van der Waals surface area contributed by atoms with Crippen LogP contribution in [0, 0.1) is 0 Å². The van der Waals surface area contributed by atoms with Crippen LogP contribution in [0.5, 0.6) is 0 Å². The second-order valence-corrected chi connectivity index (χ2v) is 2.10. The third kappa shape index (κ3) is 4.39. The molecule has 3 nitrogen and oxygen atoms in total. The Kier molecular flexibility index (Phi) is 4.67. The highest BCUT2D eigenvalue weighted by molar-refractivity contribution is 4.55. The zero-order valence-electron chi connectivity index (χ0n) is 6.31. The number of aliphatic hydroxyl groups is 1. The lowest BCUT2D eigenvalue weighted by Crippen LogP contribution is -2.43. The molecule has 3 heteroatoms. The molecule has 0 aliphatic carbocycles. The third-order valence-electron chi connectivity index (χ3n) is 1.26. The van der Waals surface area contributed by atoms with Crippen LogP contribution < -0.4 is 10.6 Å². The topological polar surface area (TPSA) is 44.3 Å². The van der Waals surface area contributed by atoms with E-state index in [1.807, 2.05) is 20.9 Å². The molecule has 0 spiro atoms. The van der Waals surface area contributed by atoms with Gasteiger partial charge in [0.15, 0.2) is 0 Å². The fourth-order valence-corrected chi connectivity index (χ4v) is 0.490. The molecule has 9 heavy (non-hydrogen) atoms. The number of aliphatic hydroxyl groups excluding tert-OH is 1. The van der Waals surface area contributed by atoms with Crippen LogP contribution in [0.4, 0.5) is 0 Å². The van der Waals surface area contributed by atoms with Gasteiger partial charge in [-0.1, -0.05) is 6.92 Å². The summed E-state index contributed by atoms with van der Waals surface area (Å²) in [5.74, 6) is 0. The minimum Gasteiger partial charge on any atom is -0.379 e. The first-order valence-electron chi connectivity index (χ1n) is 3.32. The minimum atomic E-state index is -0.382. The van der Waals surface area contributed by atoms with Crippen LogP contribution in [0.15, 0.2) is 0 Å². The average molecular weight is 132 g/mol. The van der Waals surface area contributed by atoms with Gasteiger partial charge in [0.2, 0.25) is 0 Å². The monoisotopic (exact) mass is 132 g/mol. The second kappa shape index (κ2) is 4.73. The van der Waals surface area contributed by atoms with Gasteiger partial charge in [-0.3, -0.25) is 5.32 Å². The Morgan fingerprint density at radius 1 is 1.56 bits per heavy atom. The van der Waals surface area contributed by atoms with Crippen LogP contribution in [0.3, 0.4) is 0 Å². The van der Waals surface area contributed by atoms with Crippen molar-refractivity contribution in [2.75, 3.05) is 7.05 Å². The van der Waals surface area contributed by atoms with Crippen molar-refractivity contribution in [3.8, 4) is 0 Å². The highest BCUT2D eigenvalue weighted by Gasteiger charge is 2.01. The standard InChI is InChI=1S/C6H16N2O/c1-4-6(9)8-5(2)7-3/h5-9H,4H2,1-3H3. The van der Waals surface area contributed by atoms with Gasteiger partial charge in [-0.25, -0.2) is 0 Å². The first kappa shape index (κ1) is 8.88. The first-order chi connectivity index (χ1) is 4.20. The SMILES string of the molecule is CCC(O)NC(C)NC. The molecular weight excluding hydrogens is 116 g/mol. The summed E-state index contributed by atoms with van der Waals surface area (Å²) in [6.07, 6.45) is 0.541. The molecule has 0 heterocycles. The van der Waals surface area contributed by atoms with Crippen LogP contribution in [-0.2, 0) is 0 Å². The minimum absolute atomic E-state index is 0.181. The molecule has 0 aliphatic rings. The molecule has 0 saturated carbocycles. The Bertz CT molecular complexity index is 60.1. The summed E-state index contributed by atoms with van der Waals surface area (Å²) in [5, 5.41) is 14.9. The lowest BCUT2D eigenvalue weighted by molar-refractivity contribution is 0.116. The Labute approximate surface area is 56.5 Å². The molecule has 0 saturated heterocycles. The van der Waals surface area contributed by atoms with Crippen molar-refractivity contribution in [2.24, 2.45) is 0 Å². The van der Waals surface area contributed by atoms with E-state index < -0.39 is 0 Å². The Hall–Kier alpha value is -0.120. The summed E-state index contributed by atoms with van der Waals surface area (Å²) >= 11 is 0. The first-order valence-corrected chi connectivity index (χ1v) is 3.32. The predicted octanol–water partition coefficient (Wildman–Crippen LogP) is -0.130. The molecule has 0 aromatic heterocycles. The summed E-state index contributed by atoms with van der Waals surface area (Å²) in [6, 6.07) is 0. The molecule has 0 radical (unpaired) electrons. The van der Waals surface area contributed by atoms with E-state index in [0.29, 0.717) is 0 Å². The molecule has 0 bridgehead atoms. The van der Waals surface area contributed by atoms with Crippen molar-refractivity contribution in [1.82, 2.24) is 10.6 Å². The molecule has 3 N–H and O–H groups in total. The van der Waals surface area contributed by atoms with E-state index in [1.54, 1.807) is 0 Å². The largest absolute Gasteiger partial charge is 0.379 e. The van der Waals surface area contributed by atoms with Gasteiger partial charge in [0.05, 0.1) is 6.17 Å². The fraction of sp³-hybridized carbons (Fsp3) is 1.00. The smallest absolute Gasteiger partial charge is 0.105 e. The molecule has 0 aliphatic heterocycles. The van der Waals surface area contributed by atoms with E-state index in [-0.39, 0.29) is 12.4 Å². The van der Waals surface area contributed by atoms with Gasteiger partial charge >= 0.3 is 0 Å². The van der Waals surface area contributed by atoms with Crippen LogP contribution in [-0.4, -0.2) is 24.5 Å². The van der Waals surface area contributed by atoms with Gasteiger partial charge < -0.3 is 10.4 Å².